The van der Waals surface area contributed by atoms with Crippen molar-refractivity contribution in [2.24, 2.45) is 0 Å². The summed E-state index contributed by atoms with van der Waals surface area (Å²) < 4.78 is 13.8. The number of aryl methyl sites for hydroxylation is 2. The lowest BCUT2D eigenvalue weighted by Crippen LogP contribution is -2.43. The summed E-state index contributed by atoms with van der Waals surface area (Å²) >= 11 is 0. The van der Waals surface area contributed by atoms with Gasteiger partial charge in [-0.25, -0.2) is 9.18 Å². The third-order valence-corrected chi connectivity index (χ3v) is 5.44. The molecular weight excluding hydrogens is 395 g/mol. The molecule has 0 saturated heterocycles. The van der Waals surface area contributed by atoms with E-state index in [1.54, 1.807) is 19.2 Å². The van der Waals surface area contributed by atoms with Gasteiger partial charge in [-0.2, -0.15) is 5.10 Å². The van der Waals surface area contributed by atoms with Crippen LogP contribution in [0.4, 0.5) is 9.18 Å². The van der Waals surface area contributed by atoms with Gasteiger partial charge in [-0.05, 0) is 54.8 Å². The van der Waals surface area contributed by atoms with Crippen LogP contribution in [0.1, 0.15) is 28.4 Å². The smallest absolute Gasteiger partial charge is 0.321 e. The molecule has 1 aromatic heterocycles. The Morgan fingerprint density at radius 1 is 1.16 bits per heavy atom. The molecule has 0 unspecified atom stereocenters. The molecule has 4 rings (SSSR count). The highest BCUT2D eigenvalue weighted by Crippen LogP contribution is 2.29. The van der Waals surface area contributed by atoms with Crippen LogP contribution in [0.25, 0.3) is 11.3 Å². The van der Waals surface area contributed by atoms with Crippen molar-refractivity contribution in [3.05, 3.63) is 88.5 Å². The third kappa shape index (κ3) is 4.26. The number of nitrogens with zero attached hydrogens (tertiary/aromatic N) is 2. The van der Waals surface area contributed by atoms with Crippen LogP contribution in [-0.4, -0.2) is 34.0 Å². The fraction of sp³-hybridized carbons (Fsp3) is 0.208. The molecule has 0 saturated carbocycles. The van der Waals surface area contributed by atoms with Gasteiger partial charge in [0.1, 0.15) is 5.82 Å². The predicted octanol–water partition coefficient (Wildman–Crippen LogP) is 4.22. The Morgan fingerprint density at radius 2 is 1.97 bits per heavy atom. The van der Waals surface area contributed by atoms with Crippen molar-refractivity contribution >= 4 is 11.8 Å². The molecule has 0 radical (unpaired) electrons. The third-order valence-electron chi connectivity index (χ3n) is 5.44. The largest absolute Gasteiger partial charge is 0.327 e. The molecule has 2 N–H and O–H groups in total. The summed E-state index contributed by atoms with van der Waals surface area (Å²) in [6, 6.07) is 12.7. The van der Waals surface area contributed by atoms with Crippen molar-refractivity contribution in [3.63, 3.8) is 0 Å². The van der Waals surface area contributed by atoms with Gasteiger partial charge in [0.2, 0.25) is 0 Å². The maximum Gasteiger partial charge on any atom is 0.321 e. The van der Waals surface area contributed by atoms with Crippen LogP contribution in [0.3, 0.4) is 0 Å². The molecule has 1 aliphatic rings. The number of hydrogen-bond acceptors (Lipinski definition) is 3. The molecule has 2 aromatic carbocycles. The Bertz CT molecular complexity index is 1200. The Labute approximate surface area is 179 Å². The molecule has 6 nitrogen and oxygen atoms in total. The number of Topliss-reactive ketones (excluding diaryl/α,β-unsaturated/α-hetero) is 1. The van der Waals surface area contributed by atoms with Crippen LogP contribution in [0.5, 0.6) is 0 Å². The van der Waals surface area contributed by atoms with E-state index in [4.69, 9.17) is 0 Å². The van der Waals surface area contributed by atoms with Crippen LogP contribution in [0, 0.1) is 19.7 Å². The van der Waals surface area contributed by atoms with Crippen LogP contribution in [0.15, 0.2) is 60.3 Å². The molecule has 2 amide bonds. The van der Waals surface area contributed by atoms with E-state index in [9.17, 15) is 14.0 Å². The normalized spacial score (nSPS) is 16.1. The summed E-state index contributed by atoms with van der Waals surface area (Å²) in [7, 11) is 1.58. The summed E-state index contributed by atoms with van der Waals surface area (Å²) in [6.45, 7) is 3.89. The molecule has 0 fully saturated rings. The predicted molar refractivity (Wildman–Crippen MR) is 116 cm³/mol. The van der Waals surface area contributed by atoms with Gasteiger partial charge in [-0.3, -0.25) is 9.89 Å². The Morgan fingerprint density at radius 3 is 2.68 bits per heavy atom. The summed E-state index contributed by atoms with van der Waals surface area (Å²) in [5.74, 6) is -0.560. The number of urea groups is 1. The Balaban J connectivity index is 1.66. The van der Waals surface area contributed by atoms with Crippen molar-refractivity contribution in [2.75, 3.05) is 7.05 Å². The first-order chi connectivity index (χ1) is 14.8. The van der Waals surface area contributed by atoms with Gasteiger partial charge in [0.25, 0.3) is 0 Å². The summed E-state index contributed by atoms with van der Waals surface area (Å²) in [5, 5.41) is 10.0. The second-order valence-corrected chi connectivity index (χ2v) is 7.81. The van der Waals surface area contributed by atoms with Gasteiger partial charge >= 0.3 is 6.03 Å². The van der Waals surface area contributed by atoms with E-state index in [0.717, 1.165) is 28.1 Å². The molecule has 7 heteroatoms. The molecular formula is C24H23FN4O2. The molecule has 158 valence electrons. The summed E-state index contributed by atoms with van der Waals surface area (Å²) in [6.07, 6.45) is 1.69. The number of nitrogens with one attached hydrogen (secondary N) is 2. The van der Waals surface area contributed by atoms with Crippen LogP contribution in [-0.2, 0) is 11.2 Å². The summed E-state index contributed by atoms with van der Waals surface area (Å²) in [5.41, 5.74) is 5.49. The summed E-state index contributed by atoms with van der Waals surface area (Å²) in [4.78, 5) is 26.9. The Kier molecular flexibility index (Phi) is 5.42. The maximum absolute atomic E-state index is 13.8. The first kappa shape index (κ1) is 20.5. The number of carbonyl (C=O) groups is 2. The average Bonchev–Trinajstić information content (AvgIpc) is 3.17. The first-order valence-electron chi connectivity index (χ1n) is 9.97. The number of aromatic nitrogens is 2. The topological polar surface area (TPSA) is 78.1 Å². The minimum absolute atomic E-state index is 0.139. The van der Waals surface area contributed by atoms with E-state index < -0.39 is 11.9 Å². The number of hydrogen-bond donors (Lipinski definition) is 2. The van der Waals surface area contributed by atoms with Gasteiger partial charge < -0.3 is 10.2 Å². The van der Waals surface area contributed by atoms with Crippen molar-refractivity contribution < 1.29 is 14.0 Å². The Hall–Kier alpha value is -3.74. The average molecular weight is 418 g/mol. The molecule has 0 spiro atoms. The molecule has 2 heterocycles. The van der Waals surface area contributed by atoms with E-state index in [-0.39, 0.29) is 18.2 Å². The van der Waals surface area contributed by atoms with Gasteiger partial charge in [0.15, 0.2) is 5.78 Å². The number of aromatic amines is 1. The molecule has 1 aliphatic heterocycles. The highest BCUT2D eigenvalue weighted by Gasteiger charge is 2.30. The van der Waals surface area contributed by atoms with E-state index >= 15 is 0 Å². The SMILES string of the molecule is Cc1cc(-c2ccc(C)c(CC(=O)C3=CN(C)C(=O)N[C@H]3c3cccc(F)c3)c2)n[nH]1. The lowest BCUT2D eigenvalue weighted by Gasteiger charge is -2.30. The minimum Gasteiger partial charge on any atom is -0.327 e. The highest BCUT2D eigenvalue weighted by atomic mass is 19.1. The molecule has 31 heavy (non-hydrogen) atoms. The zero-order valence-corrected chi connectivity index (χ0v) is 17.6. The van der Waals surface area contributed by atoms with Crippen LogP contribution in [0.2, 0.25) is 0 Å². The monoisotopic (exact) mass is 418 g/mol. The fourth-order valence-corrected chi connectivity index (χ4v) is 3.69. The number of rotatable bonds is 5. The van der Waals surface area contributed by atoms with E-state index in [2.05, 4.69) is 15.5 Å². The van der Waals surface area contributed by atoms with E-state index in [1.165, 1.54) is 23.2 Å². The lowest BCUT2D eigenvalue weighted by atomic mass is 9.90. The highest BCUT2D eigenvalue weighted by molar-refractivity contribution is 6.00. The fourth-order valence-electron chi connectivity index (χ4n) is 3.69. The van der Waals surface area contributed by atoms with E-state index in [1.807, 2.05) is 38.1 Å². The first-order valence-corrected chi connectivity index (χ1v) is 9.97. The van der Waals surface area contributed by atoms with Gasteiger partial charge in [0, 0.05) is 36.5 Å². The molecule has 0 bridgehead atoms. The zero-order chi connectivity index (χ0) is 22.1. The van der Waals surface area contributed by atoms with E-state index in [0.29, 0.717) is 11.1 Å². The van der Waals surface area contributed by atoms with Crippen LogP contribution >= 0.6 is 0 Å². The number of benzene rings is 2. The van der Waals surface area contributed by atoms with Crippen molar-refractivity contribution in [2.45, 2.75) is 26.3 Å². The maximum atomic E-state index is 13.8. The van der Waals surface area contributed by atoms with Gasteiger partial charge in [0.05, 0.1) is 11.7 Å². The quantitative estimate of drug-likeness (QED) is 0.651. The second kappa shape index (κ2) is 8.18. The number of halogens is 1. The van der Waals surface area contributed by atoms with Crippen molar-refractivity contribution in [3.8, 4) is 11.3 Å². The minimum atomic E-state index is -0.704. The lowest BCUT2D eigenvalue weighted by molar-refractivity contribution is -0.115. The number of ketones is 1. The van der Waals surface area contributed by atoms with Crippen molar-refractivity contribution in [1.29, 1.82) is 0 Å². The second-order valence-electron chi connectivity index (χ2n) is 7.81. The van der Waals surface area contributed by atoms with Gasteiger partial charge in [-0.1, -0.05) is 24.3 Å². The number of amides is 2. The number of H-pyrrole nitrogens is 1. The molecule has 1 atom stereocenters. The van der Waals surface area contributed by atoms with Crippen LogP contribution < -0.4 is 5.32 Å². The molecule has 0 aliphatic carbocycles. The van der Waals surface area contributed by atoms with Crippen molar-refractivity contribution in [1.82, 2.24) is 20.4 Å². The molecule has 3 aromatic rings. The number of carbonyl (C=O) groups excluding carboxylic acids is 2. The zero-order valence-electron chi connectivity index (χ0n) is 17.6. The standard InChI is InChI=1S/C24H23FN4O2/c1-14-7-8-16(21-9-15(2)27-28-21)10-18(14)12-22(30)20-13-29(3)24(31)26-23(20)17-5-4-6-19(25)11-17/h4-11,13,23H,12H2,1-3H3,(H,26,31)(H,27,28)/t23-/m0/s1. The van der Waals surface area contributed by atoms with Gasteiger partial charge in [-0.15, -0.1) is 0 Å².